The molecule has 0 aliphatic carbocycles. The van der Waals surface area contributed by atoms with Gasteiger partial charge in [0.05, 0.1) is 25.2 Å². The van der Waals surface area contributed by atoms with Gasteiger partial charge in [-0.15, -0.1) is 0 Å². The Bertz CT molecular complexity index is 959. The van der Waals surface area contributed by atoms with Gasteiger partial charge in [-0.3, -0.25) is 4.79 Å². The largest absolute Gasteiger partial charge is 0.497 e. The number of benzene rings is 2. The van der Waals surface area contributed by atoms with E-state index in [2.05, 4.69) is 0 Å². The van der Waals surface area contributed by atoms with Crippen molar-refractivity contribution < 1.29 is 22.7 Å². The van der Waals surface area contributed by atoms with Crippen LogP contribution in [0.25, 0.3) is 0 Å². The standard InChI is InChI=1S/C20H22ClNO5S/c1-26-15-7-10-19(27-2)17(12-15)18-4-3-11-22(18)20(23)13-28(24,25)16-8-5-14(21)6-9-16/h5-10,12,18H,3-4,11,13H2,1-2H3. The van der Waals surface area contributed by atoms with Gasteiger partial charge < -0.3 is 14.4 Å². The molecule has 1 saturated heterocycles. The molecule has 1 atom stereocenters. The maximum atomic E-state index is 12.9. The van der Waals surface area contributed by atoms with Crippen LogP contribution in [0.2, 0.25) is 5.02 Å². The van der Waals surface area contributed by atoms with Crippen molar-refractivity contribution in [2.24, 2.45) is 0 Å². The predicted octanol–water partition coefficient (Wildman–Crippen LogP) is 3.49. The minimum Gasteiger partial charge on any atom is -0.497 e. The summed E-state index contributed by atoms with van der Waals surface area (Å²) >= 11 is 5.82. The van der Waals surface area contributed by atoms with E-state index in [9.17, 15) is 13.2 Å². The highest BCUT2D eigenvalue weighted by atomic mass is 35.5. The number of ether oxygens (including phenoxy) is 2. The van der Waals surface area contributed by atoms with Gasteiger partial charge in [0.15, 0.2) is 9.84 Å². The summed E-state index contributed by atoms with van der Waals surface area (Å²) in [5, 5.41) is 0.440. The summed E-state index contributed by atoms with van der Waals surface area (Å²) in [4.78, 5) is 14.6. The van der Waals surface area contributed by atoms with Crippen LogP contribution >= 0.6 is 11.6 Å². The van der Waals surface area contributed by atoms with Gasteiger partial charge in [-0.2, -0.15) is 0 Å². The molecule has 1 heterocycles. The predicted molar refractivity (Wildman–Crippen MR) is 107 cm³/mol. The zero-order valence-electron chi connectivity index (χ0n) is 15.7. The van der Waals surface area contributed by atoms with Crippen molar-refractivity contribution in [2.45, 2.75) is 23.8 Å². The summed E-state index contributed by atoms with van der Waals surface area (Å²) in [6.07, 6.45) is 1.52. The number of sulfone groups is 1. The van der Waals surface area contributed by atoms with E-state index >= 15 is 0 Å². The third-order valence-electron chi connectivity index (χ3n) is 4.86. The fourth-order valence-electron chi connectivity index (χ4n) is 3.46. The molecule has 0 bridgehead atoms. The molecule has 1 fully saturated rings. The van der Waals surface area contributed by atoms with E-state index in [1.54, 1.807) is 31.3 Å². The Hall–Kier alpha value is -2.25. The van der Waals surface area contributed by atoms with Gasteiger partial charge in [-0.05, 0) is 55.3 Å². The summed E-state index contributed by atoms with van der Waals surface area (Å²) < 4.78 is 36.0. The van der Waals surface area contributed by atoms with E-state index in [0.717, 1.165) is 18.4 Å². The van der Waals surface area contributed by atoms with Crippen LogP contribution in [0.5, 0.6) is 11.5 Å². The lowest BCUT2D eigenvalue weighted by molar-refractivity contribution is -0.129. The lowest BCUT2D eigenvalue weighted by atomic mass is 10.0. The molecular weight excluding hydrogens is 402 g/mol. The topological polar surface area (TPSA) is 72.9 Å². The molecule has 150 valence electrons. The molecule has 2 aromatic carbocycles. The molecule has 0 radical (unpaired) electrons. The van der Waals surface area contributed by atoms with Crippen molar-refractivity contribution in [1.82, 2.24) is 4.90 Å². The van der Waals surface area contributed by atoms with E-state index in [1.165, 1.54) is 24.3 Å². The summed E-state index contributed by atoms with van der Waals surface area (Å²) in [6, 6.07) is 11.0. The minimum atomic E-state index is -3.75. The first-order valence-electron chi connectivity index (χ1n) is 8.85. The number of amides is 1. The molecule has 0 aromatic heterocycles. The fraction of sp³-hybridized carbons (Fsp3) is 0.350. The second kappa shape index (κ2) is 8.41. The third kappa shape index (κ3) is 4.25. The minimum absolute atomic E-state index is 0.0833. The van der Waals surface area contributed by atoms with E-state index in [0.29, 0.717) is 23.1 Å². The molecule has 8 heteroatoms. The zero-order valence-corrected chi connectivity index (χ0v) is 17.3. The van der Waals surface area contributed by atoms with E-state index < -0.39 is 21.5 Å². The first kappa shape index (κ1) is 20.5. The lowest BCUT2D eigenvalue weighted by Gasteiger charge is -2.26. The molecule has 1 amide bonds. The van der Waals surface area contributed by atoms with Crippen LogP contribution in [0.1, 0.15) is 24.4 Å². The van der Waals surface area contributed by atoms with E-state index in [1.807, 2.05) is 6.07 Å². The van der Waals surface area contributed by atoms with E-state index in [-0.39, 0.29) is 10.9 Å². The summed E-state index contributed by atoms with van der Waals surface area (Å²) in [5.41, 5.74) is 0.816. The molecule has 0 saturated carbocycles. The Labute approximate surface area is 169 Å². The number of halogens is 1. The van der Waals surface area contributed by atoms with Crippen LogP contribution in [0.15, 0.2) is 47.4 Å². The maximum absolute atomic E-state index is 12.9. The van der Waals surface area contributed by atoms with Crippen LogP contribution in [0.4, 0.5) is 0 Å². The molecule has 3 rings (SSSR count). The zero-order chi connectivity index (χ0) is 20.3. The summed E-state index contributed by atoms with van der Waals surface area (Å²) in [5.74, 6) is 0.287. The molecule has 1 unspecified atom stereocenters. The molecule has 0 N–H and O–H groups in total. The number of hydrogen-bond acceptors (Lipinski definition) is 5. The highest BCUT2D eigenvalue weighted by Gasteiger charge is 2.34. The van der Waals surface area contributed by atoms with Gasteiger partial charge in [0.2, 0.25) is 5.91 Å². The van der Waals surface area contributed by atoms with Crippen molar-refractivity contribution in [3.8, 4) is 11.5 Å². The fourth-order valence-corrected chi connectivity index (χ4v) is 4.79. The van der Waals surface area contributed by atoms with Gasteiger partial charge in [-0.25, -0.2) is 8.42 Å². The highest BCUT2D eigenvalue weighted by Crippen LogP contribution is 2.39. The molecule has 2 aromatic rings. The Morgan fingerprint density at radius 2 is 1.86 bits per heavy atom. The lowest BCUT2D eigenvalue weighted by Crippen LogP contribution is -2.35. The Morgan fingerprint density at radius 3 is 2.50 bits per heavy atom. The number of hydrogen-bond donors (Lipinski definition) is 0. The third-order valence-corrected chi connectivity index (χ3v) is 6.72. The average molecular weight is 424 g/mol. The number of rotatable bonds is 6. The SMILES string of the molecule is COc1ccc(OC)c(C2CCCN2C(=O)CS(=O)(=O)c2ccc(Cl)cc2)c1. The van der Waals surface area contributed by atoms with Crippen molar-refractivity contribution in [3.63, 3.8) is 0 Å². The molecule has 0 spiro atoms. The summed E-state index contributed by atoms with van der Waals surface area (Å²) in [7, 11) is -0.615. The number of carbonyl (C=O) groups excluding carboxylic acids is 1. The smallest absolute Gasteiger partial charge is 0.238 e. The van der Waals surface area contributed by atoms with Gasteiger partial charge >= 0.3 is 0 Å². The Morgan fingerprint density at radius 1 is 1.14 bits per heavy atom. The highest BCUT2D eigenvalue weighted by molar-refractivity contribution is 7.92. The number of methoxy groups -OCH3 is 2. The Balaban J connectivity index is 1.85. The van der Waals surface area contributed by atoms with Crippen LogP contribution in [-0.4, -0.2) is 45.7 Å². The molecule has 1 aliphatic heterocycles. The first-order valence-corrected chi connectivity index (χ1v) is 10.9. The maximum Gasteiger partial charge on any atom is 0.238 e. The second-order valence-electron chi connectivity index (χ2n) is 6.57. The van der Waals surface area contributed by atoms with Crippen molar-refractivity contribution in [3.05, 3.63) is 53.1 Å². The number of nitrogens with zero attached hydrogens (tertiary/aromatic N) is 1. The van der Waals surface area contributed by atoms with Crippen molar-refractivity contribution in [2.75, 3.05) is 26.5 Å². The van der Waals surface area contributed by atoms with Crippen molar-refractivity contribution in [1.29, 1.82) is 0 Å². The molecule has 1 aliphatic rings. The van der Waals surface area contributed by atoms with Crippen LogP contribution in [0, 0.1) is 0 Å². The molecule has 6 nitrogen and oxygen atoms in total. The van der Waals surface area contributed by atoms with Gasteiger partial charge in [0, 0.05) is 17.1 Å². The van der Waals surface area contributed by atoms with Crippen LogP contribution < -0.4 is 9.47 Å². The normalized spacial score (nSPS) is 16.8. The number of likely N-dealkylation sites (tertiary alicyclic amines) is 1. The Kier molecular flexibility index (Phi) is 6.15. The molecular formula is C20H22ClNO5S. The van der Waals surface area contributed by atoms with Crippen LogP contribution in [0.3, 0.4) is 0 Å². The van der Waals surface area contributed by atoms with Gasteiger partial charge in [0.25, 0.3) is 0 Å². The van der Waals surface area contributed by atoms with Gasteiger partial charge in [-0.1, -0.05) is 11.6 Å². The average Bonchev–Trinajstić information content (AvgIpc) is 3.17. The molecule has 28 heavy (non-hydrogen) atoms. The summed E-state index contributed by atoms with van der Waals surface area (Å²) in [6.45, 7) is 0.500. The van der Waals surface area contributed by atoms with E-state index in [4.69, 9.17) is 21.1 Å². The van der Waals surface area contributed by atoms with Gasteiger partial charge in [0.1, 0.15) is 17.3 Å². The second-order valence-corrected chi connectivity index (χ2v) is 8.99. The monoisotopic (exact) mass is 423 g/mol. The number of carbonyl (C=O) groups is 1. The van der Waals surface area contributed by atoms with Crippen molar-refractivity contribution >= 4 is 27.3 Å². The quantitative estimate of drug-likeness (QED) is 0.711. The van der Waals surface area contributed by atoms with Crippen LogP contribution in [-0.2, 0) is 14.6 Å². The first-order chi connectivity index (χ1) is 13.4.